The van der Waals surface area contributed by atoms with Gasteiger partial charge in [0.05, 0.1) is 12.7 Å². The van der Waals surface area contributed by atoms with Crippen LogP contribution < -0.4 is 5.32 Å². The number of carbonyl (C=O) groups excluding carboxylic acids is 2. The van der Waals surface area contributed by atoms with Crippen molar-refractivity contribution in [2.45, 2.75) is 32.8 Å². The van der Waals surface area contributed by atoms with Crippen LogP contribution in [0.15, 0.2) is 30.3 Å². The second-order valence-electron chi connectivity index (χ2n) is 6.74. The molecular formula is C19H28N2O3. The molecule has 0 saturated carbocycles. The van der Waals surface area contributed by atoms with Crippen molar-refractivity contribution < 1.29 is 14.3 Å². The monoisotopic (exact) mass is 332 g/mol. The largest absolute Gasteiger partial charge is 0.374 e. The summed E-state index contributed by atoms with van der Waals surface area (Å²) < 4.78 is 5.71. The van der Waals surface area contributed by atoms with Crippen LogP contribution in [0.3, 0.4) is 0 Å². The molecule has 24 heavy (non-hydrogen) atoms. The quantitative estimate of drug-likeness (QED) is 0.741. The Hall–Kier alpha value is -1.72. The summed E-state index contributed by atoms with van der Waals surface area (Å²) in [5.74, 6) is 0.536. The van der Waals surface area contributed by atoms with Crippen LogP contribution in [0.25, 0.3) is 0 Å². The Kier molecular flexibility index (Phi) is 7.40. The Morgan fingerprint density at radius 1 is 1.25 bits per heavy atom. The van der Waals surface area contributed by atoms with E-state index >= 15 is 0 Å². The number of ketones is 1. The number of hydrogen-bond acceptors (Lipinski definition) is 4. The first kappa shape index (κ1) is 18.6. The fourth-order valence-corrected chi connectivity index (χ4v) is 2.90. The minimum absolute atomic E-state index is 0.00257. The van der Waals surface area contributed by atoms with Gasteiger partial charge in [0.2, 0.25) is 5.91 Å². The van der Waals surface area contributed by atoms with Gasteiger partial charge in [-0.05, 0) is 5.92 Å². The average molecular weight is 332 g/mol. The van der Waals surface area contributed by atoms with Gasteiger partial charge in [0.1, 0.15) is 0 Å². The third-order valence-corrected chi connectivity index (χ3v) is 4.05. The summed E-state index contributed by atoms with van der Waals surface area (Å²) in [5, 5.41) is 2.89. The molecule has 1 atom stereocenters. The van der Waals surface area contributed by atoms with Crippen molar-refractivity contribution >= 4 is 11.7 Å². The van der Waals surface area contributed by atoms with Crippen LogP contribution in [0.1, 0.15) is 37.0 Å². The van der Waals surface area contributed by atoms with Gasteiger partial charge in [-0.25, -0.2) is 0 Å². The first-order valence-electron chi connectivity index (χ1n) is 8.73. The minimum Gasteiger partial charge on any atom is -0.374 e. The highest BCUT2D eigenvalue weighted by Gasteiger charge is 2.21. The molecule has 1 aliphatic heterocycles. The molecule has 0 bridgehead atoms. The molecule has 1 saturated heterocycles. The summed E-state index contributed by atoms with van der Waals surface area (Å²) in [6.45, 7) is 8.48. The number of nitrogens with zero attached hydrogens (tertiary/aromatic N) is 1. The van der Waals surface area contributed by atoms with Crippen molar-refractivity contribution in [3.63, 3.8) is 0 Å². The van der Waals surface area contributed by atoms with Crippen molar-refractivity contribution in [2.24, 2.45) is 5.92 Å². The fourth-order valence-electron chi connectivity index (χ4n) is 2.90. The number of amides is 1. The van der Waals surface area contributed by atoms with E-state index in [0.29, 0.717) is 24.6 Å². The van der Waals surface area contributed by atoms with E-state index in [1.165, 1.54) is 0 Å². The number of hydrogen-bond donors (Lipinski definition) is 1. The molecule has 132 valence electrons. The first-order chi connectivity index (χ1) is 11.5. The molecule has 0 radical (unpaired) electrons. The van der Waals surface area contributed by atoms with E-state index in [1.54, 1.807) is 12.1 Å². The van der Waals surface area contributed by atoms with Crippen LogP contribution >= 0.6 is 0 Å². The lowest BCUT2D eigenvalue weighted by atomic mass is 10.1. The van der Waals surface area contributed by atoms with E-state index < -0.39 is 0 Å². The van der Waals surface area contributed by atoms with Gasteiger partial charge in [0.15, 0.2) is 5.78 Å². The maximum atomic E-state index is 12.0. The number of carbonyl (C=O) groups is 2. The normalized spacial score (nSPS) is 18.5. The van der Waals surface area contributed by atoms with Crippen LogP contribution in [-0.4, -0.2) is 55.5 Å². The fraction of sp³-hybridized carbons (Fsp3) is 0.579. The summed E-state index contributed by atoms with van der Waals surface area (Å²) in [6, 6.07) is 9.09. The molecule has 1 fully saturated rings. The van der Waals surface area contributed by atoms with Crippen LogP contribution in [0.5, 0.6) is 0 Å². The number of nitrogens with one attached hydrogen (secondary N) is 1. The first-order valence-corrected chi connectivity index (χ1v) is 8.73. The van der Waals surface area contributed by atoms with Gasteiger partial charge < -0.3 is 10.1 Å². The molecule has 1 N–H and O–H groups in total. The lowest BCUT2D eigenvalue weighted by Gasteiger charge is -2.33. The van der Waals surface area contributed by atoms with Crippen molar-refractivity contribution in [1.29, 1.82) is 0 Å². The molecule has 5 nitrogen and oxygen atoms in total. The maximum Gasteiger partial charge on any atom is 0.220 e. The second-order valence-corrected chi connectivity index (χ2v) is 6.74. The number of benzene rings is 1. The third-order valence-electron chi connectivity index (χ3n) is 4.05. The van der Waals surface area contributed by atoms with Gasteiger partial charge in [-0.1, -0.05) is 44.2 Å². The molecule has 1 amide bonds. The van der Waals surface area contributed by atoms with Gasteiger partial charge in [-0.2, -0.15) is 0 Å². The van der Waals surface area contributed by atoms with E-state index in [-0.39, 0.29) is 30.6 Å². The predicted octanol–water partition coefficient (Wildman–Crippen LogP) is 2.12. The zero-order valence-electron chi connectivity index (χ0n) is 14.7. The molecule has 1 unspecified atom stereocenters. The number of morpholine rings is 1. The number of Topliss-reactive ketones (excluding diaryl/α,β-unsaturated/α-hetero) is 1. The van der Waals surface area contributed by atoms with Crippen molar-refractivity contribution in [3.05, 3.63) is 35.9 Å². The van der Waals surface area contributed by atoms with Crippen molar-refractivity contribution in [1.82, 2.24) is 10.2 Å². The Balaban J connectivity index is 1.66. The summed E-state index contributed by atoms with van der Waals surface area (Å²) in [7, 11) is 0. The standard InChI is InChI=1S/C19H28N2O3/c1-15(2)13-21-10-11-24-17(14-21)12-20-19(23)9-8-18(22)16-6-4-3-5-7-16/h3-7,15,17H,8-14H2,1-2H3,(H,20,23). The summed E-state index contributed by atoms with van der Waals surface area (Å²) in [6.07, 6.45) is 0.489. The molecule has 1 aromatic rings. The van der Waals surface area contributed by atoms with Crippen LogP contribution in [0.4, 0.5) is 0 Å². The van der Waals surface area contributed by atoms with Gasteiger partial charge in [0, 0.05) is 44.6 Å². The van der Waals surface area contributed by atoms with Gasteiger partial charge in [0.25, 0.3) is 0 Å². The second kappa shape index (κ2) is 9.55. The average Bonchev–Trinajstić information content (AvgIpc) is 2.58. The highest BCUT2D eigenvalue weighted by atomic mass is 16.5. The Morgan fingerprint density at radius 2 is 2.00 bits per heavy atom. The zero-order valence-corrected chi connectivity index (χ0v) is 14.7. The van der Waals surface area contributed by atoms with E-state index in [9.17, 15) is 9.59 Å². The summed E-state index contributed by atoms with van der Waals surface area (Å²) in [5.41, 5.74) is 0.658. The number of ether oxygens (including phenoxy) is 1. The Labute approximate surface area is 144 Å². The van der Waals surface area contributed by atoms with Gasteiger partial charge in [-0.15, -0.1) is 0 Å². The smallest absolute Gasteiger partial charge is 0.220 e. The van der Waals surface area contributed by atoms with E-state index in [0.717, 1.165) is 19.6 Å². The summed E-state index contributed by atoms with van der Waals surface area (Å²) >= 11 is 0. The predicted molar refractivity (Wildman–Crippen MR) is 94.0 cm³/mol. The summed E-state index contributed by atoms with van der Waals surface area (Å²) in [4.78, 5) is 26.3. The topological polar surface area (TPSA) is 58.6 Å². The molecule has 1 aliphatic rings. The lowest BCUT2D eigenvalue weighted by molar-refractivity contribution is -0.122. The van der Waals surface area contributed by atoms with Crippen LogP contribution in [-0.2, 0) is 9.53 Å². The molecule has 1 aromatic carbocycles. The molecule has 1 heterocycles. The van der Waals surface area contributed by atoms with Crippen LogP contribution in [0, 0.1) is 5.92 Å². The van der Waals surface area contributed by atoms with Gasteiger partial charge >= 0.3 is 0 Å². The molecule has 2 rings (SSSR count). The molecule has 0 aromatic heterocycles. The number of rotatable bonds is 8. The highest BCUT2D eigenvalue weighted by Crippen LogP contribution is 2.08. The van der Waals surface area contributed by atoms with E-state index in [4.69, 9.17) is 4.74 Å². The molecule has 0 spiro atoms. The highest BCUT2D eigenvalue weighted by molar-refractivity contribution is 5.97. The maximum absolute atomic E-state index is 12.0. The molecule has 0 aliphatic carbocycles. The van der Waals surface area contributed by atoms with E-state index in [1.807, 2.05) is 18.2 Å². The molecular weight excluding hydrogens is 304 g/mol. The van der Waals surface area contributed by atoms with E-state index in [2.05, 4.69) is 24.1 Å². The lowest BCUT2D eigenvalue weighted by Crippen LogP contribution is -2.48. The Morgan fingerprint density at radius 3 is 2.71 bits per heavy atom. The third kappa shape index (κ3) is 6.42. The SMILES string of the molecule is CC(C)CN1CCOC(CNC(=O)CCC(=O)c2ccccc2)C1. The Bertz CT molecular complexity index is 531. The van der Waals surface area contributed by atoms with Crippen LogP contribution in [0.2, 0.25) is 0 Å². The molecule has 5 heteroatoms. The van der Waals surface area contributed by atoms with Crippen molar-refractivity contribution in [3.8, 4) is 0 Å². The van der Waals surface area contributed by atoms with Gasteiger partial charge in [-0.3, -0.25) is 14.5 Å². The minimum atomic E-state index is -0.0936. The van der Waals surface area contributed by atoms with Crippen molar-refractivity contribution in [2.75, 3.05) is 32.8 Å². The zero-order chi connectivity index (χ0) is 17.4.